The van der Waals surface area contributed by atoms with Crippen molar-refractivity contribution in [2.45, 2.75) is 45.6 Å². The standard InChI is InChI=1S/C30H35F2N3O2.CH3F/c1-4-27(30(36)34-17-13-24(14-18-34)23-9-6-5-7-10-23)21(2)29-22(3)33-15-8-16-35(29)20-25-19-26(31)11-12-28(25)37-32;1-2/h4-7,9-12,19,24,33H,3,8,13-18,20H2,1-2H3;1H3/b27-4+,29-21+;. The van der Waals surface area contributed by atoms with Crippen LogP contribution in [-0.4, -0.2) is 49.1 Å². The Morgan fingerprint density at radius 2 is 1.82 bits per heavy atom. The molecule has 2 aromatic rings. The van der Waals surface area contributed by atoms with Crippen molar-refractivity contribution >= 4 is 5.91 Å². The fourth-order valence-electron chi connectivity index (χ4n) is 5.41. The van der Waals surface area contributed by atoms with Gasteiger partial charge in [-0.25, -0.2) is 4.39 Å². The maximum absolute atomic E-state index is 14.0. The molecule has 0 unspecified atom stereocenters. The molecule has 39 heavy (non-hydrogen) atoms. The second-order valence-electron chi connectivity index (χ2n) is 9.66. The number of likely N-dealkylation sites (tertiary alicyclic amines) is 1. The van der Waals surface area contributed by atoms with Gasteiger partial charge in [-0.15, -0.1) is 0 Å². The van der Waals surface area contributed by atoms with Crippen LogP contribution in [0.25, 0.3) is 0 Å². The summed E-state index contributed by atoms with van der Waals surface area (Å²) in [6.45, 7) is 11.0. The molecule has 2 heterocycles. The molecule has 210 valence electrons. The van der Waals surface area contributed by atoms with Crippen molar-refractivity contribution in [2.24, 2.45) is 0 Å². The molecule has 0 aliphatic carbocycles. The van der Waals surface area contributed by atoms with Gasteiger partial charge in [0.05, 0.1) is 18.6 Å². The molecule has 0 bridgehead atoms. The molecule has 8 heteroatoms. The largest absolute Gasteiger partial charge is 0.384 e. The van der Waals surface area contributed by atoms with Crippen LogP contribution < -0.4 is 10.3 Å². The van der Waals surface area contributed by atoms with Gasteiger partial charge in [-0.3, -0.25) is 14.1 Å². The predicted octanol–water partition coefficient (Wildman–Crippen LogP) is 6.61. The SMILES string of the molecule is C=C1NCCCN(Cc2cc(F)ccc2OF)/C1=C(C)/C(=C\C)C(=O)N1CCC(c2ccccc2)CC1.CF. The van der Waals surface area contributed by atoms with Crippen molar-refractivity contribution in [1.29, 1.82) is 0 Å². The number of alkyl halides is 1. The van der Waals surface area contributed by atoms with E-state index in [4.69, 9.17) is 0 Å². The Morgan fingerprint density at radius 3 is 2.46 bits per heavy atom. The highest BCUT2D eigenvalue weighted by molar-refractivity contribution is 5.98. The number of carbonyl (C=O) groups is 1. The van der Waals surface area contributed by atoms with Gasteiger partial charge in [0.25, 0.3) is 5.91 Å². The molecule has 2 fully saturated rings. The van der Waals surface area contributed by atoms with E-state index in [-0.39, 0.29) is 18.2 Å². The van der Waals surface area contributed by atoms with Crippen LogP contribution in [0.15, 0.2) is 83.7 Å². The topological polar surface area (TPSA) is 44.8 Å². The molecule has 0 atom stereocenters. The number of carbonyl (C=O) groups excluding carboxylic acids is 1. The molecular weight excluding hydrogens is 503 g/mol. The molecule has 2 aliphatic rings. The lowest BCUT2D eigenvalue weighted by molar-refractivity contribution is -0.127. The number of nitrogens with one attached hydrogen (secondary N) is 1. The molecule has 5 nitrogen and oxygen atoms in total. The molecule has 4 rings (SSSR count). The van der Waals surface area contributed by atoms with E-state index in [1.807, 2.05) is 35.8 Å². The number of halogens is 3. The lowest BCUT2D eigenvalue weighted by Crippen LogP contribution is -2.39. The van der Waals surface area contributed by atoms with Crippen molar-refractivity contribution in [3.8, 4) is 5.75 Å². The third kappa shape index (κ3) is 7.25. The molecule has 0 aromatic heterocycles. The Hall–Kier alpha value is -3.68. The number of hydrogen-bond acceptors (Lipinski definition) is 4. The molecule has 0 spiro atoms. The minimum Gasteiger partial charge on any atom is -0.384 e. The van der Waals surface area contributed by atoms with Gasteiger partial charge in [0.1, 0.15) is 5.82 Å². The van der Waals surface area contributed by atoms with E-state index in [1.165, 1.54) is 23.8 Å². The van der Waals surface area contributed by atoms with Gasteiger partial charge in [0.15, 0.2) is 5.75 Å². The predicted molar refractivity (Wildman–Crippen MR) is 149 cm³/mol. The first-order chi connectivity index (χ1) is 18.9. The summed E-state index contributed by atoms with van der Waals surface area (Å²) >= 11 is 0. The van der Waals surface area contributed by atoms with E-state index in [1.54, 1.807) is 0 Å². The molecule has 2 aromatic carbocycles. The second kappa shape index (κ2) is 14.5. The van der Waals surface area contributed by atoms with Crippen LogP contribution >= 0.6 is 0 Å². The summed E-state index contributed by atoms with van der Waals surface area (Å²) in [5, 5.41) is 3.33. The minimum absolute atomic E-state index is 0.00505. The first-order valence-electron chi connectivity index (χ1n) is 13.3. The molecule has 1 N–H and O–H groups in total. The van der Waals surface area contributed by atoms with Crippen LogP contribution in [0.5, 0.6) is 5.75 Å². The first-order valence-corrected chi connectivity index (χ1v) is 13.3. The highest BCUT2D eigenvalue weighted by atomic mass is 19.3. The summed E-state index contributed by atoms with van der Waals surface area (Å²) in [7, 11) is 0.500. The van der Waals surface area contributed by atoms with Gasteiger partial charge in [0.2, 0.25) is 0 Å². The summed E-state index contributed by atoms with van der Waals surface area (Å²) in [5.41, 5.74) is 4.57. The van der Waals surface area contributed by atoms with Gasteiger partial charge in [0, 0.05) is 48.4 Å². The monoisotopic (exact) mass is 541 g/mol. The van der Waals surface area contributed by atoms with Crippen molar-refractivity contribution in [2.75, 3.05) is 33.4 Å². The molecule has 2 aliphatic heterocycles. The second-order valence-corrected chi connectivity index (χ2v) is 9.66. The lowest BCUT2D eigenvalue weighted by Gasteiger charge is -2.34. The van der Waals surface area contributed by atoms with Crippen LogP contribution in [0, 0.1) is 5.82 Å². The molecule has 1 amide bonds. The van der Waals surface area contributed by atoms with Gasteiger partial charge in [-0.2, -0.15) is 0 Å². The third-order valence-corrected chi connectivity index (χ3v) is 7.34. The Bertz CT molecular complexity index is 1190. The Labute approximate surface area is 229 Å². The number of piperidine rings is 1. The van der Waals surface area contributed by atoms with Crippen molar-refractivity contribution in [3.05, 3.63) is 101 Å². The molecule has 0 radical (unpaired) electrons. The summed E-state index contributed by atoms with van der Waals surface area (Å²) in [6, 6.07) is 14.2. The normalized spacial score (nSPS) is 18.0. The first kappa shape index (κ1) is 29.9. The number of nitrogens with zero attached hydrogens (tertiary/aromatic N) is 2. The van der Waals surface area contributed by atoms with E-state index in [9.17, 15) is 18.1 Å². The van der Waals surface area contributed by atoms with E-state index in [0.29, 0.717) is 56.1 Å². The summed E-state index contributed by atoms with van der Waals surface area (Å²) in [4.78, 5) is 21.6. The third-order valence-electron chi connectivity index (χ3n) is 7.34. The minimum atomic E-state index is -0.465. The molecule has 0 saturated carbocycles. The Morgan fingerprint density at radius 1 is 1.13 bits per heavy atom. The Balaban J connectivity index is 0.00000205. The highest BCUT2D eigenvalue weighted by Crippen LogP contribution is 2.32. The maximum Gasteiger partial charge on any atom is 0.253 e. The number of allylic oxidation sites excluding steroid dienone is 1. The number of rotatable bonds is 6. The van der Waals surface area contributed by atoms with Crippen molar-refractivity contribution in [3.63, 3.8) is 0 Å². The van der Waals surface area contributed by atoms with Crippen molar-refractivity contribution in [1.82, 2.24) is 15.1 Å². The quantitative estimate of drug-likeness (QED) is 0.418. The summed E-state index contributed by atoms with van der Waals surface area (Å²) < 4.78 is 36.7. The van der Waals surface area contributed by atoms with Crippen LogP contribution in [0.1, 0.15) is 50.2 Å². The van der Waals surface area contributed by atoms with Crippen molar-refractivity contribution < 1.29 is 23.0 Å². The van der Waals surface area contributed by atoms with Gasteiger partial charge in [-0.1, -0.05) is 43.0 Å². The number of hydrogen-bond donors (Lipinski definition) is 1. The highest BCUT2D eigenvalue weighted by Gasteiger charge is 2.29. The van der Waals surface area contributed by atoms with Crippen LogP contribution in [0.3, 0.4) is 0 Å². The zero-order chi connectivity index (χ0) is 28.4. The maximum atomic E-state index is 14.0. The van der Waals surface area contributed by atoms with Crippen LogP contribution in [0.4, 0.5) is 13.3 Å². The van der Waals surface area contributed by atoms with Crippen LogP contribution in [-0.2, 0) is 11.3 Å². The molecular formula is C31H38F3N3O2. The fraction of sp³-hybridized carbons (Fsp3) is 0.387. The van der Waals surface area contributed by atoms with Crippen LogP contribution in [0.2, 0.25) is 0 Å². The number of benzene rings is 2. The number of amides is 1. The lowest BCUT2D eigenvalue weighted by atomic mass is 9.89. The summed E-state index contributed by atoms with van der Waals surface area (Å²) in [6.07, 6.45) is 4.51. The van der Waals surface area contributed by atoms with Gasteiger partial charge < -0.3 is 15.1 Å². The van der Waals surface area contributed by atoms with E-state index in [2.05, 4.69) is 41.1 Å². The van der Waals surface area contributed by atoms with Gasteiger partial charge in [-0.05, 0) is 68.4 Å². The average molecular weight is 542 g/mol. The average Bonchev–Trinajstić information content (AvgIpc) is 3.15. The fourth-order valence-corrected chi connectivity index (χ4v) is 5.41. The van der Waals surface area contributed by atoms with E-state index >= 15 is 0 Å². The Kier molecular flexibility index (Phi) is 11.1. The van der Waals surface area contributed by atoms with E-state index in [0.717, 1.165) is 30.5 Å². The van der Waals surface area contributed by atoms with E-state index < -0.39 is 5.82 Å². The zero-order valence-corrected chi connectivity index (χ0v) is 23.0. The summed E-state index contributed by atoms with van der Waals surface area (Å²) in [5.74, 6) is -0.0364. The molecule has 2 saturated heterocycles. The smallest absolute Gasteiger partial charge is 0.253 e. The van der Waals surface area contributed by atoms with Gasteiger partial charge >= 0.3 is 0 Å². The zero-order valence-electron chi connectivity index (χ0n) is 23.0.